The van der Waals surface area contributed by atoms with Crippen LogP contribution in [0.3, 0.4) is 0 Å². The van der Waals surface area contributed by atoms with Gasteiger partial charge < -0.3 is 5.53 Å². The third-order valence-electron chi connectivity index (χ3n) is 6.84. The van der Waals surface area contributed by atoms with Gasteiger partial charge in [-0.15, -0.1) is 0 Å². The van der Waals surface area contributed by atoms with Crippen molar-refractivity contribution in [2.24, 2.45) is 0 Å². The summed E-state index contributed by atoms with van der Waals surface area (Å²) in [6, 6.07) is 17.6. The molecule has 1 heterocycles. The van der Waals surface area contributed by atoms with E-state index in [-0.39, 0.29) is 0 Å². The van der Waals surface area contributed by atoms with E-state index >= 15 is 0 Å². The van der Waals surface area contributed by atoms with Crippen molar-refractivity contribution in [2.45, 2.75) is 110 Å². The second kappa shape index (κ2) is 16.7. The molecule has 0 unspecified atom stereocenters. The maximum absolute atomic E-state index is 11.5. The quantitative estimate of drug-likeness (QED) is 0.140. The van der Waals surface area contributed by atoms with E-state index in [1.807, 2.05) is 0 Å². The van der Waals surface area contributed by atoms with Gasteiger partial charge in [-0.1, -0.05) is 77.1 Å². The Bertz CT molecular complexity index is 1030. The number of unbranched alkanes of at least 4 members (excludes halogenated alkanes) is 5. The van der Waals surface area contributed by atoms with Gasteiger partial charge in [0.15, 0.2) is 0 Å². The molecule has 3 rings (SSSR count). The fourth-order valence-electron chi connectivity index (χ4n) is 4.92. The molecule has 0 aliphatic carbocycles. The Morgan fingerprint density at radius 2 is 1.14 bits per heavy atom. The van der Waals surface area contributed by atoms with Gasteiger partial charge in [0.2, 0.25) is 11.4 Å². The van der Waals surface area contributed by atoms with Crippen LogP contribution in [0.15, 0.2) is 59.7 Å². The van der Waals surface area contributed by atoms with Crippen LogP contribution in [-0.4, -0.2) is 4.70 Å². The SMILES string of the molecule is CCCCCC1=C(c2cccc(CCCC)c2)[N+](=[N-])C(c2cccc(CCCCC)c2)=C1C.[CH3][Ni][CH3]. The Labute approximate surface area is 227 Å². The summed E-state index contributed by atoms with van der Waals surface area (Å²) in [7, 11) is 0. The van der Waals surface area contributed by atoms with Crippen LogP contribution in [0.4, 0.5) is 0 Å². The molecule has 0 radical (unpaired) electrons. The minimum atomic E-state index is 0.952. The fourth-order valence-corrected chi connectivity index (χ4v) is 4.92. The minimum absolute atomic E-state index is 0.952. The molecule has 1 aliphatic rings. The summed E-state index contributed by atoms with van der Waals surface area (Å²) in [5.74, 6) is 4.12. The average Bonchev–Trinajstić information content (AvgIpc) is 3.13. The normalized spacial score (nSPS) is 13.4. The summed E-state index contributed by atoms with van der Waals surface area (Å²) in [5, 5.41) is 0. The number of allylic oxidation sites excluding steroid dienone is 2. The first-order valence-corrected chi connectivity index (χ1v) is 15.8. The zero-order valence-corrected chi connectivity index (χ0v) is 24.6. The van der Waals surface area contributed by atoms with Gasteiger partial charge in [-0.2, -0.15) is 0 Å². The van der Waals surface area contributed by atoms with Gasteiger partial charge in [0.1, 0.15) is 0 Å². The number of benzene rings is 2. The molecule has 2 aromatic rings. The molecule has 200 valence electrons. The van der Waals surface area contributed by atoms with E-state index in [1.165, 1.54) is 71.9 Å². The Kier molecular flexibility index (Phi) is 14.0. The van der Waals surface area contributed by atoms with Crippen LogP contribution in [0.5, 0.6) is 0 Å². The van der Waals surface area contributed by atoms with E-state index in [0.29, 0.717) is 0 Å². The predicted molar refractivity (Wildman–Crippen MR) is 154 cm³/mol. The third kappa shape index (κ3) is 8.55. The van der Waals surface area contributed by atoms with Crippen molar-refractivity contribution >= 4 is 11.4 Å². The van der Waals surface area contributed by atoms with Gasteiger partial charge in [-0.05, 0) is 80.8 Å². The molecule has 3 heteroatoms. The predicted octanol–water partition coefficient (Wildman–Crippen LogP) is 10.7. The molecule has 2 aromatic carbocycles. The Balaban J connectivity index is 0.00000145. The van der Waals surface area contributed by atoms with Gasteiger partial charge in [-0.3, -0.25) is 0 Å². The zero-order valence-electron chi connectivity index (χ0n) is 23.6. The van der Waals surface area contributed by atoms with Crippen LogP contribution in [0.2, 0.25) is 11.8 Å². The number of hydrogen-bond acceptors (Lipinski definition) is 0. The Morgan fingerprint density at radius 1 is 0.667 bits per heavy atom. The van der Waals surface area contributed by atoms with Crippen LogP contribution in [0, 0.1) is 0 Å². The summed E-state index contributed by atoms with van der Waals surface area (Å²) in [6.45, 7) is 8.92. The zero-order chi connectivity index (χ0) is 26.3. The van der Waals surface area contributed by atoms with Crippen molar-refractivity contribution in [3.05, 3.63) is 87.5 Å². The molecule has 1 aliphatic heterocycles. The van der Waals surface area contributed by atoms with E-state index in [0.717, 1.165) is 48.2 Å². The van der Waals surface area contributed by atoms with Crippen molar-refractivity contribution in [2.75, 3.05) is 0 Å². The van der Waals surface area contributed by atoms with Gasteiger partial charge in [0.25, 0.3) is 0 Å². The molecular weight excluding hydrogens is 483 g/mol. The summed E-state index contributed by atoms with van der Waals surface area (Å²) >= 11 is 1.62. The number of rotatable bonds is 13. The molecule has 0 fully saturated rings. The van der Waals surface area contributed by atoms with Gasteiger partial charge in [0, 0.05) is 22.3 Å². The molecule has 0 atom stereocenters. The fraction of sp³-hybridized carbons (Fsp3) is 0.515. The van der Waals surface area contributed by atoms with E-state index in [4.69, 9.17) is 0 Å². The van der Waals surface area contributed by atoms with E-state index in [9.17, 15) is 5.53 Å². The molecule has 36 heavy (non-hydrogen) atoms. The molecule has 0 amide bonds. The van der Waals surface area contributed by atoms with Crippen molar-refractivity contribution in [3.8, 4) is 0 Å². The van der Waals surface area contributed by atoms with Gasteiger partial charge in [0.05, 0.1) is 0 Å². The van der Waals surface area contributed by atoms with Crippen LogP contribution in [0.25, 0.3) is 16.9 Å². The number of nitrogens with zero attached hydrogens (tertiary/aromatic N) is 2. The molecule has 0 saturated heterocycles. The first-order chi connectivity index (χ1) is 17.5. The second-order valence-corrected chi connectivity index (χ2v) is 10.8. The van der Waals surface area contributed by atoms with E-state index < -0.39 is 0 Å². The number of hydrogen-bond donors (Lipinski definition) is 0. The Morgan fingerprint density at radius 3 is 1.67 bits per heavy atom. The first kappa shape index (κ1) is 30.2. The topological polar surface area (TPSA) is 25.3 Å². The summed E-state index contributed by atoms with van der Waals surface area (Å²) < 4.78 is 1.49. The van der Waals surface area contributed by atoms with Gasteiger partial charge in [-0.25, -0.2) is 4.70 Å². The van der Waals surface area contributed by atoms with Gasteiger partial charge >= 0.3 is 26.2 Å². The van der Waals surface area contributed by atoms with Crippen LogP contribution in [0.1, 0.15) is 108 Å². The van der Waals surface area contributed by atoms with Crippen LogP contribution >= 0.6 is 0 Å². The van der Waals surface area contributed by atoms with Crippen molar-refractivity contribution in [3.63, 3.8) is 0 Å². The van der Waals surface area contributed by atoms with Crippen molar-refractivity contribution in [1.82, 2.24) is 0 Å². The molecule has 0 spiro atoms. The molecule has 0 aromatic heterocycles. The second-order valence-electron chi connectivity index (χ2n) is 9.85. The summed E-state index contributed by atoms with van der Waals surface area (Å²) in [5.41, 5.74) is 20.9. The maximum atomic E-state index is 11.5. The molecule has 2 nitrogen and oxygen atoms in total. The number of aryl methyl sites for hydroxylation is 2. The summed E-state index contributed by atoms with van der Waals surface area (Å²) in [4.78, 5) is 0. The molecule has 0 saturated carbocycles. The van der Waals surface area contributed by atoms with E-state index in [2.05, 4.69) is 88.0 Å². The Hall–Kier alpha value is -1.99. The van der Waals surface area contributed by atoms with Crippen molar-refractivity contribution < 1.29 is 19.1 Å². The van der Waals surface area contributed by atoms with Crippen LogP contribution in [-0.2, 0) is 27.3 Å². The standard InChI is InChI=1S/C31H42N2.2CH3.Ni/c1-5-8-11-16-26-18-13-19-27(22-26)30-24(4)29(21-12-9-6-2)31(33(30)32)28-20-14-17-25(23-28)15-10-7-3;;;/h13-14,17-20,22-23H,5-12,15-16,21H2,1-4H3;2*1H3;. The van der Waals surface area contributed by atoms with Crippen LogP contribution < -0.4 is 0 Å². The third-order valence-corrected chi connectivity index (χ3v) is 6.84. The van der Waals surface area contributed by atoms with Crippen molar-refractivity contribution in [1.29, 1.82) is 0 Å². The average molecular weight is 531 g/mol. The first-order valence-electron chi connectivity index (χ1n) is 13.9. The summed E-state index contributed by atoms with van der Waals surface area (Å²) in [6.07, 6.45) is 12.9. The van der Waals surface area contributed by atoms with E-state index in [1.54, 1.807) is 14.4 Å². The molecular formula is C33H48N2Ni. The molecule has 0 bridgehead atoms. The monoisotopic (exact) mass is 530 g/mol. The molecule has 0 N–H and O–H groups in total.